The average Bonchev–Trinajstić information content (AvgIpc) is 3.01. The summed E-state index contributed by atoms with van der Waals surface area (Å²) in [6.07, 6.45) is 0. The summed E-state index contributed by atoms with van der Waals surface area (Å²) in [5.41, 5.74) is 3.06. The van der Waals surface area contributed by atoms with Crippen LogP contribution in [-0.2, 0) is 11.3 Å². The molecule has 3 aromatic carbocycles. The highest BCUT2D eigenvalue weighted by atomic mass is 16.2. The monoisotopic (exact) mass is 314 g/mol. The number of anilines is 1. The Hall–Kier alpha value is -3.07. The van der Waals surface area contributed by atoms with Crippen molar-refractivity contribution in [1.82, 2.24) is 4.98 Å². The maximum Gasteiger partial charge on any atom is 0.224 e. The number of nitrogens with zero attached hydrogens (tertiary/aromatic N) is 1. The summed E-state index contributed by atoms with van der Waals surface area (Å²) in [6, 6.07) is 24.5. The van der Waals surface area contributed by atoms with E-state index in [1.165, 1.54) is 0 Å². The Bertz CT molecular complexity index is 994. The number of amides is 1. The van der Waals surface area contributed by atoms with Gasteiger partial charge in [-0.1, -0.05) is 54.6 Å². The van der Waals surface area contributed by atoms with E-state index in [4.69, 9.17) is 0 Å². The van der Waals surface area contributed by atoms with Gasteiger partial charge in [-0.15, -0.1) is 0 Å². The SMILES string of the molecule is CC(=O)N(Cc1cc2ccccc2[nH]1)c1cccc2ccccc12. The molecule has 0 spiro atoms. The number of rotatable bonds is 3. The normalized spacial score (nSPS) is 11.0. The molecule has 0 aliphatic heterocycles. The van der Waals surface area contributed by atoms with Crippen LogP contribution < -0.4 is 4.90 Å². The fraction of sp³-hybridized carbons (Fsp3) is 0.0952. The molecule has 0 saturated carbocycles. The summed E-state index contributed by atoms with van der Waals surface area (Å²) in [5, 5.41) is 3.39. The molecule has 0 aliphatic carbocycles. The summed E-state index contributed by atoms with van der Waals surface area (Å²) >= 11 is 0. The van der Waals surface area contributed by atoms with Crippen LogP contribution in [0.25, 0.3) is 21.7 Å². The van der Waals surface area contributed by atoms with Gasteiger partial charge in [0.05, 0.1) is 12.2 Å². The van der Waals surface area contributed by atoms with Gasteiger partial charge in [0.1, 0.15) is 0 Å². The third kappa shape index (κ3) is 2.54. The standard InChI is InChI=1S/C21H18N2O/c1-15(24)23(14-18-13-17-8-3-5-11-20(17)22-18)21-12-6-9-16-7-2-4-10-19(16)21/h2-13,22H,14H2,1H3. The predicted molar refractivity (Wildman–Crippen MR) is 99.1 cm³/mol. The molecule has 0 radical (unpaired) electrons. The largest absolute Gasteiger partial charge is 0.357 e. The van der Waals surface area contributed by atoms with E-state index in [0.717, 1.165) is 33.1 Å². The molecule has 3 heteroatoms. The van der Waals surface area contributed by atoms with E-state index in [-0.39, 0.29) is 5.91 Å². The molecule has 0 aliphatic rings. The van der Waals surface area contributed by atoms with Crippen molar-refractivity contribution in [3.05, 3.63) is 78.5 Å². The molecular formula is C21H18N2O. The first-order valence-electron chi connectivity index (χ1n) is 8.05. The number of benzene rings is 3. The predicted octanol–water partition coefficient (Wildman–Crippen LogP) is 4.87. The minimum atomic E-state index is 0.0324. The van der Waals surface area contributed by atoms with Crippen molar-refractivity contribution >= 4 is 33.3 Å². The van der Waals surface area contributed by atoms with E-state index in [1.807, 2.05) is 41.3 Å². The molecule has 1 N–H and O–H groups in total. The molecule has 118 valence electrons. The minimum absolute atomic E-state index is 0.0324. The Kier molecular flexibility index (Phi) is 3.54. The number of hydrogen-bond donors (Lipinski definition) is 1. The van der Waals surface area contributed by atoms with E-state index in [2.05, 4.69) is 41.4 Å². The third-order valence-corrected chi connectivity index (χ3v) is 4.35. The van der Waals surface area contributed by atoms with Crippen LogP contribution in [0, 0.1) is 0 Å². The molecule has 4 rings (SSSR count). The van der Waals surface area contributed by atoms with Gasteiger partial charge in [-0.25, -0.2) is 0 Å². The summed E-state index contributed by atoms with van der Waals surface area (Å²) in [4.78, 5) is 17.6. The summed E-state index contributed by atoms with van der Waals surface area (Å²) in [5.74, 6) is 0.0324. The lowest BCUT2D eigenvalue weighted by molar-refractivity contribution is -0.116. The maximum atomic E-state index is 12.3. The second kappa shape index (κ2) is 5.85. The number of carbonyl (C=O) groups is 1. The van der Waals surface area contributed by atoms with Crippen molar-refractivity contribution < 1.29 is 4.79 Å². The highest BCUT2D eigenvalue weighted by Gasteiger charge is 2.15. The Morgan fingerprint density at radius 3 is 2.42 bits per heavy atom. The van der Waals surface area contributed by atoms with Crippen molar-refractivity contribution in [2.24, 2.45) is 0 Å². The van der Waals surface area contributed by atoms with Gasteiger partial charge < -0.3 is 9.88 Å². The van der Waals surface area contributed by atoms with Gasteiger partial charge in [-0.3, -0.25) is 4.79 Å². The van der Waals surface area contributed by atoms with Gasteiger partial charge >= 0.3 is 0 Å². The molecule has 0 atom stereocenters. The zero-order valence-corrected chi connectivity index (χ0v) is 13.5. The zero-order valence-electron chi connectivity index (χ0n) is 13.5. The van der Waals surface area contributed by atoms with Crippen LogP contribution in [-0.4, -0.2) is 10.9 Å². The first kappa shape index (κ1) is 14.5. The van der Waals surface area contributed by atoms with Gasteiger partial charge in [0.2, 0.25) is 5.91 Å². The number of hydrogen-bond acceptors (Lipinski definition) is 1. The maximum absolute atomic E-state index is 12.3. The van der Waals surface area contributed by atoms with Crippen molar-refractivity contribution in [3.63, 3.8) is 0 Å². The molecular weight excluding hydrogens is 296 g/mol. The third-order valence-electron chi connectivity index (χ3n) is 4.35. The van der Waals surface area contributed by atoms with Crippen LogP contribution in [0.3, 0.4) is 0 Å². The topological polar surface area (TPSA) is 36.1 Å². The smallest absolute Gasteiger partial charge is 0.224 e. The second-order valence-corrected chi connectivity index (χ2v) is 5.99. The minimum Gasteiger partial charge on any atom is -0.357 e. The summed E-state index contributed by atoms with van der Waals surface area (Å²) in [6.45, 7) is 2.14. The lowest BCUT2D eigenvalue weighted by atomic mass is 10.1. The van der Waals surface area contributed by atoms with Crippen LogP contribution in [0.2, 0.25) is 0 Å². The first-order valence-corrected chi connectivity index (χ1v) is 8.05. The second-order valence-electron chi connectivity index (χ2n) is 5.99. The lowest BCUT2D eigenvalue weighted by Crippen LogP contribution is -2.28. The Morgan fingerprint density at radius 1 is 0.917 bits per heavy atom. The molecule has 4 aromatic rings. The number of H-pyrrole nitrogens is 1. The fourth-order valence-corrected chi connectivity index (χ4v) is 3.20. The molecule has 1 amide bonds. The van der Waals surface area contributed by atoms with Crippen molar-refractivity contribution in [1.29, 1.82) is 0 Å². The van der Waals surface area contributed by atoms with Crippen LogP contribution in [0.1, 0.15) is 12.6 Å². The van der Waals surface area contributed by atoms with Crippen LogP contribution in [0.4, 0.5) is 5.69 Å². The number of fused-ring (bicyclic) bond motifs is 2. The van der Waals surface area contributed by atoms with Gasteiger partial charge in [0.15, 0.2) is 0 Å². The fourth-order valence-electron chi connectivity index (χ4n) is 3.20. The average molecular weight is 314 g/mol. The molecule has 3 nitrogen and oxygen atoms in total. The highest BCUT2D eigenvalue weighted by Crippen LogP contribution is 2.28. The van der Waals surface area contributed by atoms with Gasteiger partial charge in [0.25, 0.3) is 0 Å². The molecule has 1 aromatic heterocycles. The number of nitrogens with one attached hydrogen (secondary N) is 1. The quantitative estimate of drug-likeness (QED) is 0.575. The van der Waals surface area contributed by atoms with Crippen molar-refractivity contribution in [2.45, 2.75) is 13.5 Å². The number of aromatic nitrogens is 1. The Morgan fingerprint density at radius 2 is 1.62 bits per heavy atom. The molecule has 24 heavy (non-hydrogen) atoms. The van der Waals surface area contributed by atoms with Crippen LogP contribution in [0.15, 0.2) is 72.8 Å². The van der Waals surface area contributed by atoms with Gasteiger partial charge in [-0.05, 0) is 29.0 Å². The van der Waals surface area contributed by atoms with Crippen molar-refractivity contribution in [3.8, 4) is 0 Å². The molecule has 0 unspecified atom stereocenters. The molecule has 0 bridgehead atoms. The van der Waals surface area contributed by atoms with E-state index in [1.54, 1.807) is 6.92 Å². The first-order chi connectivity index (χ1) is 11.7. The molecule has 0 fully saturated rings. The zero-order chi connectivity index (χ0) is 16.5. The van der Waals surface area contributed by atoms with Crippen LogP contribution in [0.5, 0.6) is 0 Å². The Balaban J connectivity index is 1.78. The summed E-state index contributed by atoms with van der Waals surface area (Å²) in [7, 11) is 0. The lowest BCUT2D eigenvalue weighted by Gasteiger charge is -2.22. The molecule has 1 heterocycles. The summed E-state index contributed by atoms with van der Waals surface area (Å²) < 4.78 is 0. The van der Waals surface area contributed by atoms with E-state index in [9.17, 15) is 4.79 Å². The molecule has 0 saturated heterocycles. The van der Waals surface area contributed by atoms with E-state index >= 15 is 0 Å². The van der Waals surface area contributed by atoms with Crippen molar-refractivity contribution in [2.75, 3.05) is 4.90 Å². The number of aromatic amines is 1. The van der Waals surface area contributed by atoms with E-state index in [0.29, 0.717) is 6.54 Å². The number of carbonyl (C=O) groups excluding carboxylic acids is 1. The van der Waals surface area contributed by atoms with Gasteiger partial charge in [-0.2, -0.15) is 0 Å². The van der Waals surface area contributed by atoms with Gasteiger partial charge in [0, 0.05) is 23.5 Å². The highest BCUT2D eigenvalue weighted by molar-refractivity contribution is 6.02. The van der Waals surface area contributed by atoms with E-state index < -0.39 is 0 Å². The Labute approximate surface area is 140 Å². The van der Waals surface area contributed by atoms with Crippen LogP contribution >= 0.6 is 0 Å². The number of para-hydroxylation sites is 1.